The smallest absolute Gasteiger partial charge is 0.303 e. The van der Waals surface area contributed by atoms with Crippen molar-refractivity contribution in [3.05, 3.63) is 102 Å². The van der Waals surface area contributed by atoms with E-state index in [9.17, 15) is 9.59 Å². The van der Waals surface area contributed by atoms with Crippen LogP contribution in [-0.2, 0) is 9.59 Å². The van der Waals surface area contributed by atoms with Crippen molar-refractivity contribution in [2.24, 2.45) is 0 Å². The van der Waals surface area contributed by atoms with Gasteiger partial charge in [-0.3, -0.25) is 9.59 Å². The Morgan fingerprint density at radius 2 is 1.80 bits per heavy atom. The summed E-state index contributed by atoms with van der Waals surface area (Å²) in [6.45, 7) is 6.61. The van der Waals surface area contributed by atoms with Crippen LogP contribution in [0.5, 0.6) is 5.75 Å². The van der Waals surface area contributed by atoms with E-state index in [-0.39, 0.29) is 25.0 Å². The first-order valence-electron chi connectivity index (χ1n) is 14.0. The first kappa shape index (κ1) is 28.7. The number of carbonyl (C=O) groups is 2. The molecule has 1 amide bonds. The number of allylic oxidation sites excluding steroid dienone is 1. The summed E-state index contributed by atoms with van der Waals surface area (Å²) in [5.74, 6) is -0.597. The highest BCUT2D eigenvalue weighted by atomic mass is 16.5. The molecule has 0 saturated carbocycles. The summed E-state index contributed by atoms with van der Waals surface area (Å²) in [6.07, 6.45) is 7.60. The largest absolute Gasteiger partial charge is 0.491 e. The molecule has 1 atom stereocenters. The second-order valence-electron chi connectivity index (χ2n) is 10.2. The number of aromatic nitrogens is 1. The second kappa shape index (κ2) is 13.7. The number of fused-ring (bicyclic) bond motifs is 1. The Hall–Kier alpha value is -4.32. The van der Waals surface area contributed by atoms with Gasteiger partial charge in [0.05, 0.1) is 18.3 Å². The first-order chi connectivity index (χ1) is 19.4. The second-order valence-corrected chi connectivity index (χ2v) is 10.2. The lowest BCUT2D eigenvalue weighted by Crippen LogP contribution is -2.11. The predicted molar refractivity (Wildman–Crippen MR) is 162 cm³/mol. The zero-order valence-electron chi connectivity index (χ0n) is 23.5. The third-order valence-corrected chi connectivity index (χ3v) is 7.18. The van der Waals surface area contributed by atoms with Gasteiger partial charge >= 0.3 is 5.97 Å². The van der Waals surface area contributed by atoms with Crippen molar-refractivity contribution in [2.45, 2.75) is 58.9 Å². The van der Waals surface area contributed by atoms with Gasteiger partial charge < -0.3 is 19.7 Å². The van der Waals surface area contributed by atoms with E-state index in [1.165, 1.54) is 16.6 Å². The summed E-state index contributed by atoms with van der Waals surface area (Å²) in [6, 6.07) is 24.6. The standard InChI is InChI=1S/C34H38N2O4/c1-4-5-14-31(28-12-7-6-11-24(28)2)36-20-19-27-23-26(17-18-30(27)36)25(3)22-33(37)35-29-13-8-9-15-32(29)40-21-10-16-34(38)39/h6-9,11-13,15,17-20,22-23,31H,4-5,10,14,16,21H2,1-3H3,(H,35,37)(H,38,39). The van der Waals surface area contributed by atoms with E-state index < -0.39 is 5.97 Å². The number of ether oxygens (including phenoxy) is 1. The van der Waals surface area contributed by atoms with Gasteiger partial charge in [-0.05, 0) is 79.3 Å². The van der Waals surface area contributed by atoms with Gasteiger partial charge in [-0.1, -0.05) is 62.2 Å². The molecule has 6 nitrogen and oxygen atoms in total. The molecule has 208 valence electrons. The molecular formula is C34H38N2O4. The van der Waals surface area contributed by atoms with Crippen LogP contribution in [0.3, 0.4) is 0 Å². The Labute approximate surface area is 236 Å². The normalized spacial score (nSPS) is 12.3. The molecule has 4 rings (SSSR count). The molecule has 0 fully saturated rings. The number of carboxylic acid groups (broad SMARTS) is 1. The molecule has 0 aliphatic carbocycles. The number of hydrogen-bond acceptors (Lipinski definition) is 3. The van der Waals surface area contributed by atoms with Gasteiger partial charge in [0.15, 0.2) is 0 Å². The van der Waals surface area contributed by atoms with Gasteiger partial charge in [-0.15, -0.1) is 0 Å². The number of anilines is 1. The van der Waals surface area contributed by atoms with Gasteiger partial charge in [-0.2, -0.15) is 0 Å². The lowest BCUT2D eigenvalue weighted by Gasteiger charge is -2.22. The van der Waals surface area contributed by atoms with Crippen molar-refractivity contribution >= 4 is 34.0 Å². The molecule has 0 aliphatic rings. The molecule has 2 N–H and O–H groups in total. The number of para-hydroxylation sites is 2. The van der Waals surface area contributed by atoms with Gasteiger partial charge in [0.1, 0.15) is 5.75 Å². The summed E-state index contributed by atoms with van der Waals surface area (Å²) in [4.78, 5) is 23.6. The zero-order valence-corrected chi connectivity index (χ0v) is 23.5. The number of carbonyl (C=O) groups excluding carboxylic acids is 1. The third kappa shape index (κ3) is 7.20. The molecule has 6 heteroatoms. The Kier molecular flexibility index (Phi) is 9.79. The molecular weight excluding hydrogens is 500 g/mol. The van der Waals surface area contributed by atoms with E-state index in [0.29, 0.717) is 17.9 Å². The molecule has 4 aromatic rings. The molecule has 1 unspecified atom stereocenters. The Morgan fingerprint density at radius 1 is 1.02 bits per heavy atom. The van der Waals surface area contributed by atoms with Crippen LogP contribution in [-0.4, -0.2) is 28.2 Å². The topological polar surface area (TPSA) is 80.6 Å². The monoisotopic (exact) mass is 538 g/mol. The molecule has 40 heavy (non-hydrogen) atoms. The summed E-state index contributed by atoms with van der Waals surface area (Å²) >= 11 is 0. The number of rotatable bonds is 13. The molecule has 1 heterocycles. The van der Waals surface area contributed by atoms with Crippen molar-refractivity contribution in [1.82, 2.24) is 4.57 Å². The quantitative estimate of drug-likeness (QED) is 0.133. The van der Waals surface area contributed by atoms with Crippen LogP contribution >= 0.6 is 0 Å². The molecule has 0 radical (unpaired) electrons. The molecule has 0 saturated heterocycles. The fourth-order valence-corrected chi connectivity index (χ4v) is 5.03. The number of nitrogens with zero attached hydrogens (tertiary/aromatic N) is 1. The summed E-state index contributed by atoms with van der Waals surface area (Å²) < 4.78 is 8.10. The maximum atomic E-state index is 12.9. The van der Waals surface area contributed by atoms with Crippen molar-refractivity contribution in [1.29, 1.82) is 0 Å². The van der Waals surface area contributed by atoms with Gasteiger partial charge in [-0.25, -0.2) is 0 Å². The van der Waals surface area contributed by atoms with E-state index in [0.717, 1.165) is 35.8 Å². The number of hydrogen-bond donors (Lipinski definition) is 2. The highest BCUT2D eigenvalue weighted by molar-refractivity contribution is 6.04. The van der Waals surface area contributed by atoms with E-state index in [1.54, 1.807) is 18.2 Å². The highest BCUT2D eigenvalue weighted by Crippen LogP contribution is 2.32. The van der Waals surface area contributed by atoms with Crippen molar-refractivity contribution in [3.8, 4) is 5.75 Å². The molecule has 0 bridgehead atoms. The van der Waals surface area contributed by atoms with E-state index >= 15 is 0 Å². The van der Waals surface area contributed by atoms with E-state index in [4.69, 9.17) is 9.84 Å². The van der Waals surface area contributed by atoms with Gasteiger partial charge in [0.25, 0.3) is 0 Å². The highest BCUT2D eigenvalue weighted by Gasteiger charge is 2.17. The van der Waals surface area contributed by atoms with Crippen LogP contribution in [0.1, 0.15) is 68.7 Å². The van der Waals surface area contributed by atoms with Crippen LogP contribution in [0.4, 0.5) is 5.69 Å². The van der Waals surface area contributed by atoms with Crippen LogP contribution < -0.4 is 10.1 Å². The van der Waals surface area contributed by atoms with Crippen LogP contribution in [0.2, 0.25) is 0 Å². The third-order valence-electron chi connectivity index (χ3n) is 7.18. The first-order valence-corrected chi connectivity index (χ1v) is 14.0. The van der Waals surface area contributed by atoms with Crippen LogP contribution in [0.25, 0.3) is 16.5 Å². The Bertz CT molecular complexity index is 1500. The number of carboxylic acids is 1. The number of benzene rings is 3. The number of amides is 1. The molecule has 0 aliphatic heterocycles. The predicted octanol–water partition coefficient (Wildman–Crippen LogP) is 8.01. The molecule has 1 aromatic heterocycles. The van der Waals surface area contributed by atoms with E-state index in [1.807, 2.05) is 19.1 Å². The average Bonchev–Trinajstić information content (AvgIpc) is 3.36. The number of unbranched alkanes of at least 4 members (excludes halogenated alkanes) is 1. The Morgan fingerprint density at radius 3 is 2.58 bits per heavy atom. The maximum Gasteiger partial charge on any atom is 0.303 e. The minimum Gasteiger partial charge on any atom is -0.491 e. The fourth-order valence-electron chi connectivity index (χ4n) is 5.03. The zero-order chi connectivity index (χ0) is 28.5. The van der Waals surface area contributed by atoms with Crippen molar-refractivity contribution in [3.63, 3.8) is 0 Å². The Balaban J connectivity index is 1.51. The number of aryl methyl sites for hydroxylation is 1. The van der Waals surface area contributed by atoms with Crippen LogP contribution in [0, 0.1) is 6.92 Å². The fraction of sp³-hybridized carbons (Fsp3) is 0.294. The molecule has 0 spiro atoms. The van der Waals surface area contributed by atoms with Crippen LogP contribution in [0.15, 0.2) is 85.1 Å². The van der Waals surface area contributed by atoms with Crippen molar-refractivity contribution in [2.75, 3.05) is 11.9 Å². The minimum absolute atomic E-state index is 0.0372. The van der Waals surface area contributed by atoms with E-state index in [2.05, 4.69) is 78.5 Å². The minimum atomic E-state index is -0.858. The SMILES string of the molecule is CCCCC(c1ccccc1C)n1ccc2cc(C(C)=CC(=O)Nc3ccccc3OCCCC(=O)O)ccc21. The maximum absolute atomic E-state index is 12.9. The summed E-state index contributed by atoms with van der Waals surface area (Å²) in [5.41, 5.74) is 6.23. The number of aliphatic carboxylic acids is 1. The van der Waals surface area contributed by atoms with Gasteiger partial charge in [0.2, 0.25) is 5.91 Å². The summed E-state index contributed by atoms with van der Waals surface area (Å²) in [7, 11) is 0. The summed E-state index contributed by atoms with van der Waals surface area (Å²) in [5, 5.41) is 12.9. The number of nitrogens with one attached hydrogen (secondary N) is 1. The lowest BCUT2D eigenvalue weighted by atomic mass is 9.96. The average molecular weight is 539 g/mol. The van der Waals surface area contributed by atoms with Crippen molar-refractivity contribution < 1.29 is 19.4 Å². The lowest BCUT2D eigenvalue weighted by molar-refractivity contribution is -0.137. The molecule has 3 aromatic carbocycles. The van der Waals surface area contributed by atoms with Gasteiger partial charge in [0, 0.05) is 29.6 Å².